The van der Waals surface area contributed by atoms with Crippen molar-refractivity contribution in [2.75, 3.05) is 0 Å². The average molecular weight is 224 g/mol. The highest BCUT2D eigenvalue weighted by Crippen LogP contribution is 2.30. The van der Waals surface area contributed by atoms with Crippen LogP contribution in [-0.2, 0) is 0 Å². The van der Waals surface area contributed by atoms with Gasteiger partial charge in [-0.05, 0) is 43.7 Å². The minimum absolute atomic E-state index is 1.09. The normalized spacial score (nSPS) is 15.9. The molecule has 0 unspecified atom stereocenters. The van der Waals surface area contributed by atoms with Gasteiger partial charge in [0, 0.05) is 5.39 Å². The first kappa shape index (κ1) is 10.5. The van der Waals surface area contributed by atoms with Crippen LogP contribution in [0.2, 0.25) is 0 Å². The molecule has 1 aromatic carbocycles. The van der Waals surface area contributed by atoms with Crippen LogP contribution in [0.15, 0.2) is 30.6 Å². The van der Waals surface area contributed by atoms with Gasteiger partial charge in [-0.25, -0.2) is 9.97 Å². The Bertz CT molecular complexity index is 584. The fourth-order valence-corrected chi connectivity index (χ4v) is 2.54. The third kappa shape index (κ3) is 1.84. The van der Waals surface area contributed by atoms with Gasteiger partial charge in [-0.3, -0.25) is 0 Å². The molecule has 86 valence electrons. The maximum Gasteiger partial charge on any atom is 0.116 e. The lowest BCUT2D eigenvalue weighted by molar-refractivity contribution is 0.740. The minimum atomic E-state index is 1.09. The largest absolute Gasteiger partial charge is 0.236 e. The summed E-state index contributed by atoms with van der Waals surface area (Å²) in [6, 6.07) is 6.33. The van der Waals surface area contributed by atoms with E-state index in [4.69, 9.17) is 0 Å². The van der Waals surface area contributed by atoms with E-state index in [0.717, 1.165) is 17.6 Å². The van der Waals surface area contributed by atoms with Gasteiger partial charge in [-0.2, -0.15) is 0 Å². The Labute approximate surface area is 101 Å². The molecule has 0 atom stereocenters. The molecule has 0 aliphatic heterocycles. The van der Waals surface area contributed by atoms with Crippen molar-refractivity contribution >= 4 is 16.5 Å². The Morgan fingerprint density at radius 1 is 1.12 bits per heavy atom. The van der Waals surface area contributed by atoms with Crippen LogP contribution in [0.3, 0.4) is 0 Å². The second-order valence-corrected chi connectivity index (χ2v) is 4.67. The number of aromatic nitrogens is 2. The lowest BCUT2D eigenvalue weighted by Crippen LogP contribution is -1.97. The number of nitrogens with zero attached hydrogens (tertiary/aromatic N) is 2. The molecule has 1 aliphatic carbocycles. The van der Waals surface area contributed by atoms with E-state index in [1.54, 1.807) is 6.33 Å². The van der Waals surface area contributed by atoms with Crippen LogP contribution in [0.5, 0.6) is 0 Å². The van der Waals surface area contributed by atoms with E-state index < -0.39 is 0 Å². The molecule has 0 N–H and O–H groups in total. The molecular formula is C15H16N2. The monoisotopic (exact) mass is 224 g/mol. The average Bonchev–Trinajstić information content (AvgIpc) is 2.40. The maximum absolute atomic E-state index is 4.49. The number of aryl methyl sites for hydroxylation is 1. The molecule has 2 nitrogen and oxygen atoms in total. The molecule has 3 rings (SSSR count). The summed E-state index contributed by atoms with van der Waals surface area (Å²) < 4.78 is 0. The summed E-state index contributed by atoms with van der Waals surface area (Å²) in [5, 5.41) is 1.20. The zero-order valence-corrected chi connectivity index (χ0v) is 10.1. The summed E-state index contributed by atoms with van der Waals surface area (Å²) >= 11 is 0. The number of hydrogen-bond donors (Lipinski definition) is 0. The second kappa shape index (κ2) is 4.28. The van der Waals surface area contributed by atoms with Crippen LogP contribution in [0, 0.1) is 6.92 Å². The van der Waals surface area contributed by atoms with Crippen LogP contribution < -0.4 is 0 Å². The molecule has 0 bridgehead atoms. The number of para-hydroxylation sites is 1. The first-order chi connectivity index (χ1) is 8.36. The predicted octanol–water partition coefficient (Wildman–Crippen LogP) is 3.90. The molecule has 2 heteroatoms. The smallest absolute Gasteiger partial charge is 0.116 e. The van der Waals surface area contributed by atoms with Crippen LogP contribution in [0.1, 0.15) is 36.9 Å². The van der Waals surface area contributed by atoms with E-state index in [0.29, 0.717) is 0 Å². The van der Waals surface area contributed by atoms with Crippen LogP contribution >= 0.6 is 0 Å². The van der Waals surface area contributed by atoms with Crippen molar-refractivity contribution < 1.29 is 0 Å². The highest BCUT2D eigenvalue weighted by Gasteiger charge is 2.11. The molecule has 0 spiro atoms. The van der Waals surface area contributed by atoms with Gasteiger partial charge in [0.2, 0.25) is 0 Å². The van der Waals surface area contributed by atoms with Gasteiger partial charge in [0.1, 0.15) is 6.33 Å². The lowest BCUT2D eigenvalue weighted by Gasteiger charge is -2.14. The molecule has 2 aromatic rings. The topological polar surface area (TPSA) is 25.8 Å². The fraction of sp³-hybridized carbons (Fsp3) is 0.333. The zero-order chi connectivity index (χ0) is 11.7. The molecule has 0 radical (unpaired) electrons. The van der Waals surface area contributed by atoms with Gasteiger partial charge in [0.05, 0.1) is 11.2 Å². The van der Waals surface area contributed by atoms with Crippen molar-refractivity contribution in [1.82, 2.24) is 9.97 Å². The van der Waals surface area contributed by atoms with Crippen molar-refractivity contribution in [2.24, 2.45) is 0 Å². The van der Waals surface area contributed by atoms with E-state index in [-0.39, 0.29) is 0 Å². The summed E-state index contributed by atoms with van der Waals surface area (Å²) in [6.07, 6.45) is 8.97. The number of allylic oxidation sites excluding steroid dienone is 2. The van der Waals surface area contributed by atoms with E-state index in [1.807, 2.05) is 0 Å². The van der Waals surface area contributed by atoms with Crippen molar-refractivity contribution in [3.8, 4) is 0 Å². The van der Waals surface area contributed by atoms with E-state index in [2.05, 4.69) is 41.2 Å². The third-order valence-corrected chi connectivity index (χ3v) is 3.46. The van der Waals surface area contributed by atoms with Crippen molar-refractivity contribution in [1.29, 1.82) is 0 Å². The van der Waals surface area contributed by atoms with Crippen LogP contribution in [0.25, 0.3) is 16.5 Å². The summed E-state index contributed by atoms with van der Waals surface area (Å²) in [5.41, 5.74) is 4.85. The van der Waals surface area contributed by atoms with Gasteiger partial charge in [0.25, 0.3) is 0 Å². The molecule has 1 aromatic heterocycles. The summed E-state index contributed by atoms with van der Waals surface area (Å²) in [4.78, 5) is 8.89. The molecular weight excluding hydrogens is 208 g/mol. The second-order valence-electron chi connectivity index (χ2n) is 4.67. The molecule has 0 saturated carbocycles. The van der Waals surface area contributed by atoms with E-state index in [1.165, 1.54) is 35.8 Å². The van der Waals surface area contributed by atoms with Crippen molar-refractivity contribution in [3.63, 3.8) is 0 Å². The Hall–Kier alpha value is -1.70. The Morgan fingerprint density at radius 3 is 2.88 bits per heavy atom. The molecule has 0 fully saturated rings. The van der Waals surface area contributed by atoms with Gasteiger partial charge in [0.15, 0.2) is 0 Å². The SMILES string of the molecule is Cc1cccc2c(C3=CCCCC3)ncnc12. The number of benzene rings is 1. The standard InChI is InChI=1S/C15H16N2/c1-11-6-5-9-13-14(11)16-10-17-15(13)12-7-3-2-4-8-12/h5-7,9-10H,2-4,8H2,1H3. The molecule has 0 amide bonds. The fourth-order valence-electron chi connectivity index (χ4n) is 2.54. The lowest BCUT2D eigenvalue weighted by atomic mass is 9.94. The van der Waals surface area contributed by atoms with E-state index in [9.17, 15) is 0 Å². The number of hydrogen-bond acceptors (Lipinski definition) is 2. The van der Waals surface area contributed by atoms with Crippen molar-refractivity contribution in [3.05, 3.63) is 41.9 Å². The van der Waals surface area contributed by atoms with Gasteiger partial charge in [-0.15, -0.1) is 0 Å². The Morgan fingerprint density at radius 2 is 2.06 bits per heavy atom. The Balaban J connectivity index is 2.23. The van der Waals surface area contributed by atoms with Crippen molar-refractivity contribution in [2.45, 2.75) is 32.6 Å². The first-order valence-corrected chi connectivity index (χ1v) is 6.26. The molecule has 1 aliphatic rings. The highest BCUT2D eigenvalue weighted by atomic mass is 14.8. The van der Waals surface area contributed by atoms with Gasteiger partial charge >= 0.3 is 0 Å². The number of rotatable bonds is 1. The zero-order valence-electron chi connectivity index (χ0n) is 10.1. The first-order valence-electron chi connectivity index (χ1n) is 6.26. The van der Waals surface area contributed by atoms with Crippen LogP contribution in [-0.4, -0.2) is 9.97 Å². The molecule has 17 heavy (non-hydrogen) atoms. The van der Waals surface area contributed by atoms with Gasteiger partial charge in [-0.1, -0.05) is 24.3 Å². The summed E-state index contributed by atoms with van der Waals surface area (Å²) in [6.45, 7) is 2.11. The minimum Gasteiger partial charge on any atom is -0.236 e. The number of fused-ring (bicyclic) bond motifs is 1. The highest BCUT2D eigenvalue weighted by molar-refractivity contribution is 5.91. The Kier molecular flexibility index (Phi) is 2.63. The molecule has 0 saturated heterocycles. The van der Waals surface area contributed by atoms with Crippen LogP contribution in [0.4, 0.5) is 0 Å². The summed E-state index contributed by atoms with van der Waals surface area (Å²) in [7, 11) is 0. The maximum atomic E-state index is 4.49. The third-order valence-electron chi connectivity index (χ3n) is 3.46. The summed E-state index contributed by atoms with van der Waals surface area (Å²) in [5.74, 6) is 0. The quantitative estimate of drug-likeness (QED) is 0.734. The predicted molar refractivity (Wildman–Crippen MR) is 70.7 cm³/mol. The van der Waals surface area contributed by atoms with Gasteiger partial charge < -0.3 is 0 Å². The van der Waals surface area contributed by atoms with E-state index >= 15 is 0 Å². The molecule has 1 heterocycles.